The first kappa shape index (κ1) is 22.0. The average Bonchev–Trinajstić information content (AvgIpc) is 2.48. The summed E-state index contributed by atoms with van der Waals surface area (Å²) in [6.07, 6.45) is 13.2. The molecule has 0 bridgehead atoms. The van der Waals surface area contributed by atoms with Crippen LogP contribution in [0.4, 0.5) is 0 Å². The fourth-order valence-electron chi connectivity index (χ4n) is 3.93. The molecule has 0 amide bonds. The van der Waals surface area contributed by atoms with E-state index in [1.54, 1.807) is 0 Å². The molecule has 0 nitrogen and oxygen atoms in total. The van der Waals surface area contributed by atoms with Gasteiger partial charge in [-0.2, -0.15) is 0 Å². The van der Waals surface area contributed by atoms with Crippen LogP contribution in [0.25, 0.3) is 0 Å². The van der Waals surface area contributed by atoms with Crippen molar-refractivity contribution in [3.8, 4) is 0 Å². The van der Waals surface area contributed by atoms with E-state index in [9.17, 15) is 0 Å². The summed E-state index contributed by atoms with van der Waals surface area (Å²) in [4.78, 5) is 0. The maximum absolute atomic E-state index is 2.90. The van der Waals surface area contributed by atoms with E-state index in [0.29, 0.717) is 3.42 Å². The van der Waals surface area contributed by atoms with Crippen molar-refractivity contribution in [1.29, 1.82) is 0 Å². The van der Waals surface area contributed by atoms with Gasteiger partial charge in [0.15, 0.2) is 0 Å². The number of unbranched alkanes of at least 4 members (excludes halogenated alkanes) is 2. The van der Waals surface area contributed by atoms with Crippen LogP contribution in [0, 0.1) is 17.8 Å². The zero-order valence-electron chi connectivity index (χ0n) is 13.2. The minimum absolute atomic E-state index is 0.596. The van der Waals surface area contributed by atoms with Crippen molar-refractivity contribution < 1.29 is 0 Å². The normalized spacial score (nSPS) is 28.0. The second kappa shape index (κ2) is 12.3. The summed E-state index contributed by atoms with van der Waals surface area (Å²) in [5, 5.41) is 0. The van der Waals surface area contributed by atoms with E-state index in [1.807, 2.05) is 0 Å². The summed E-state index contributed by atoms with van der Waals surface area (Å²) in [6, 6.07) is 0. The predicted octanol–water partition coefficient (Wildman–Crippen LogP) is 7.86. The van der Waals surface area contributed by atoms with E-state index >= 15 is 0 Å². The molecule has 0 radical (unpaired) electrons. The van der Waals surface area contributed by atoms with Crippen LogP contribution in [-0.4, -0.2) is 16.7 Å². The zero-order valence-corrected chi connectivity index (χ0v) is 21.9. The van der Waals surface area contributed by atoms with Crippen molar-refractivity contribution in [1.82, 2.24) is 0 Å². The highest BCUT2D eigenvalue weighted by Crippen LogP contribution is 2.50. The molecule has 0 aromatic heterocycles. The Labute approximate surface area is 187 Å². The van der Waals surface area contributed by atoms with Gasteiger partial charge in [0.2, 0.25) is 0 Å². The van der Waals surface area contributed by atoms with Gasteiger partial charge in [0, 0.05) is 12.3 Å². The quantitative estimate of drug-likeness (QED) is 0.122. The molecule has 1 aliphatic carbocycles. The van der Waals surface area contributed by atoms with Gasteiger partial charge in [0.1, 0.15) is 0 Å². The predicted molar refractivity (Wildman–Crippen MR) is 131 cm³/mol. The monoisotopic (exact) mass is 742 g/mol. The molecule has 0 aromatic carbocycles. The number of hydrogen-bond donors (Lipinski definition) is 0. The first-order valence-electron chi connectivity index (χ1n) is 8.48. The van der Waals surface area contributed by atoms with Crippen molar-refractivity contribution in [2.24, 2.45) is 17.8 Å². The minimum atomic E-state index is 0.596. The third-order valence-electron chi connectivity index (χ3n) is 5.10. The van der Waals surface area contributed by atoms with Gasteiger partial charge < -0.3 is 0 Å². The molecule has 0 spiro atoms. The topological polar surface area (TPSA) is 0 Å². The summed E-state index contributed by atoms with van der Waals surface area (Å²) in [5.41, 5.74) is 0. The van der Waals surface area contributed by atoms with Crippen LogP contribution in [0.15, 0.2) is 0 Å². The third kappa shape index (κ3) is 7.36. The summed E-state index contributed by atoms with van der Waals surface area (Å²) >= 11 is 10.8. The van der Waals surface area contributed by atoms with E-state index in [-0.39, 0.29) is 0 Å². The summed E-state index contributed by atoms with van der Waals surface area (Å²) in [6.45, 7) is 2.32. The van der Waals surface area contributed by atoms with E-state index in [0.717, 1.165) is 17.8 Å². The van der Waals surface area contributed by atoms with E-state index < -0.39 is 0 Å². The van der Waals surface area contributed by atoms with Gasteiger partial charge in [-0.3, -0.25) is 0 Å². The maximum atomic E-state index is 2.90. The number of rotatable bonds is 10. The molecule has 3 unspecified atom stereocenters. The van der Waals surface area contributed by atoms with Crippen LogP contribution in [0.2, 0.25) is 0 Å². The van der Waals surface area contributed by atoms with Crippen molar-refractivity contribution in [2.45, 2.75) is 68.1 Å². The molecular weight excluding hydrogens is 712 g/mol. The highest BCUT2D eigenvalue weighted by atomic mass is 127. The molecule has 126 valence electrons. The first-order chi connectivity index (χ1) is 10.1. The van der Waals surface area contributed by atoms with Gasteiger partial charge >= 0.3 is 0 Å². The standard InChI is InChI=1S/C17H30I4/c1-2-3-4-6-14-7-5-9-17(21,11-14)16(8-10-18)15(12-19)13-20/h14-16H,2-13H2,1H3. The molecule has 4 heteroatoms. The molecule has 1 saturated carbocycles. The lowest BCUT2D eigenvalue weighted by Gasteiger charge is -2.45. The Morgan fingerprint density at radius 1 is 1.14 bits per heavy atom. The second-order valence-electron chi connectivity index (χ2n) is 6.65. The third-order valence-corrected chi connectivity index (χ3v) is 9.76. The number of halogens is 4. The second-order valence-corrected chi connectivity index (χ2v) is 11.6. The highest BCUT2D eigenvalue weighted by Gasteiger charge is 2.42. The van der Waals surface area contributed by atoms with E-state index in [4.69, 9.17) is 0 Å². The fraction of sp³-hybridized carbons (Fsp3) is 1.00. The fourth-order valence-corrected chi connectivity index (χ4v) is 9.46. The molecule has 21 heavy (non-hydrogen) atoms. The average molecular weight is 742 g/mol. The van der Waals surface area contributed by atoms with Gasteiger partial charge in [-0.05, 0) is 41.4 Å². The molecule has 1 fully saturated rings. The van der Waals surface area contributed by atoms with Crippen LogP contribution in [-0.2, 0) is 0 Å². The molecule has 0 N–H and O–H groups in total. The van der Waals surface area contributed by atoms with Crippen LogP contribution in [0.5, 0.6) is 0 Å². The first-order valence-corrected chi connectivity index (χ1v) is 14.1. The van der Waals surface area contributed by atoms with Crippen molar-refractivity contribution in [2.75, 3.05) is 13.3 Å². The molecule has 1 aliphatic rings. The lowest BCUT2D eigenvalue weighted by molar-refractivity contribution is 0.197. The largest absolute Gasteiger partial charge is 0.0864 e. The maximum Gasteiger partial charge on any atom is 0.0256 e. The van der Waals surface area contributed by atoms with Crippen LogP contribution in [0.3, 0.4) is 0 Å². The zero-order chi connectivity index (χ0) is 15.7. The minimum Gasteiger partial charge on any atom is -0.0864 e. The Morgan fingerprint density at radius 2 is 1.86 bits per heavy atom. The SMILES string of the molecule is CCCCCC1CCCC(I)(C(CCI)C(CI)CI)C1. The van der Waals surface area contributed by atoms with E-state index in [1.165, 1.54) is 71.1 Å². The Bertz CT molecular complexity index is 268. The van der Waals surface area contributed by atoms with Gasteiger partial charge in [0.25, 0.3) is 0 Å². The number of alkyl halides is 4. The van der Waals surface area contributed by atoms with Crippen LogP contribution < -0.4 is 0 Å². The van der Waals surface area contributed by atoms with Gasteiger partial charge in [0.05, 0.1) is 0 Å². The molecule has 0 aromatic rings. The Balaban J connectivity index is 2.69. The van der Waals surface area contributed by atoms with Gasteiger partial charge in [-0.15, -0.1) is 0 Å². The van der Waals surface area contributed by atoms with Crippen LogP contribution >= 0.6 is 90.4 Å². The highest BCUT2D eigenvalue weighted by molar-refractivity contribution is 14.1. The van der Waals surface area contributed by atoms with E-state index in [2.05, 4.69) is 97.3 Å². The molecule has 0 heterocycles. The summed E-state index contributed by atoms with van der Waals surface area (Å²) in [5.74, 6) is 2.88. The molecule has 3 atom stereocenters. The molecule has 0 aliphatic heterocycles. The summed E-state index contributed by atoms with van der Waals surface area (Å²) in [7, 11) is 0. The lowest BCUT2D eigenvalue weighted by atomic mass is 9.69. The van der Waals surface area contributed by atoms with Crippen molar-refractivity contribution >= 4 is 90.4 Å². The van der Waals surface area contributed by atoms with Gasteiger partial charge in [-0.25, -0.2) is 0 Å². The smallest absolute Gasteiger partial charge is 0.0256 e. The molecule has 1 rings (SSSR count). The van der Waals surface area contributed by atoms with Gasteiger partial charge in [-0.1, -0.05) is 136 Å². The summed E-state index contributed by atoms with van der Waals surface area (Å²) < 4.78 is 4.61. The van der Waals surface area contributed by atoms with Crippen molar-refractivity contribution in [3.63, 3.8) is 0 Å². The Morgan fingerprint density at radius 3 is 2.43 bits per heavy atom. The van der Waals surface area contributed by atoms with Crippen LogP contribution in [0.1, 0.15) is 64.7 Å². The lowest BCUT2D eigenvalue weighted by Crippen LogP contribution is -2.42. The number of hydrogen-bond acceptors (Lipinski definition) is 0. The molecular formula is C17H30I4. The van der Waals surface area contributed by atoms with Crippen molar-refractivity contribution in [3.05, 3.63) is 0 Å². The Hall–Kier alpha value is 2.92. The Kier molecular flexibility index (Phi) is 12.9. The molecule has 0 saturated heterocycles.